The normalized spacial score (nSPS) is 19.6. The second-order valence-electron chi connectivity index (χ2n) is 9.39. The molecule has 0 unspecified atom stereocenters. The number of carbonyl (C=O) groups is 1. The molecule has 1 aliphatic rings. The molecule has 0 aliphatic carbocycles. The molecule has 1 aliphatic heterocycles. The Morgan fingerprint density at radius 2 is 2.00 bits per heavy atom. The Balaban J connectivity index is 1.79. The van der Waals surface area contributed by atoms with Gasteiger partial charge in [-0.15, -0.1) is 0 Å². The molecule has 2 atom stereocenters. The van der Waals surface area contributed by atoms with Crippen LogP contribution in [-0.2, 0) is 16.9 Å². The van der Waals surface area contributed by atoms with Crippen LogP contribution in [0.2, 0.25) is 10.0 Å². The molecule has 2 N–H and O–H groups in total. The fourth-order valence-electron chi connectivity index (χ4n) is 4.03. The number of aromatic nitrogens is 1. The van der Waals surface area contributed by atoms with Gasteiger partial charge >= 0.3 is 0 Å². The van der Waals surface area contributed by atoms with Crippen molar-refractivity contribution in [3.63, 3.8) is 0 Å². The van der Waals surface area contributed by atoms with Crippen molar-refractivity contribution >= 4 is 29.1 Å². The number of likely N-dealkylation sites (tertiary alicyclic amines) is 1. The molecule has 1 saturated heterocycles. The lowest BCUT2D eigenvalue weighted by atomic mass is 9.78. The summed E-state index contributed by atoms with van der Waals surface area (Å²) in [4.78, 5) is 19.3. The predicted molar refractivity (Wildman–Crippen MR) is 125 cm³/mol. The number of rotatable bonds is 6. The molecule has 0 bridgehead atoms. The van der Waals surface area contributed by atoms with Crippen molar-refractivity contribution in [1.29, 1.82) is 0 Å². The number of nitrogens with zero attached hydrogens (tertiary/aromatic N) is 2. The third-order valence-corrected chi connectivity index (χ3v) is 6.62. The molecule has 0 saturated carbocycles. The minimum absolute atomic E-state index is 0.0702. The van der Waals surface area contributed by atoms with Gasteiger partial charge in [-0.3, -0.25) is 14.7 Å². The highest BCUT2D eigenvalue weighted by molar-refractivity contribution is 6.42. The van der Waals surface area contributed by atoms with Crippen LogP contribution in [0.15, 0.2) is 42.6 Å². The number of halogens is 2. The fraction of sp³-hybridized carbons (Fsp3) is 0.500. The number of carbonyl (C=O) groups excluding carboxylic acids is 1. The molecule has 0 radical (unpaired) electrons. The Kier molecular flexibility index (Phi) is 7.63. The Hall–Kier alpha value is -1.66. The summed E-state index contributed by atoms with van der Waals surface area (Å²) in [5.74, 6) is -0.162. The van der Waals surface area contributed by atoms with Crippen LogP contribution >= 0.6 is 23.2 Å². The average Bonchev–Trinajstić information content (AvgIpc) is 2.74. The van der Waals surface area contributed by atoms with Gasteiger partial charge in [0.1, 0.15) is 5.60 Å². The topological polar surface area (TPSA) is 65.5 Å². The molecule has 1 amide bonds. The predicted octanol–water partition coefficient (Wildman–Crippen LogP) is 4.65. The van der Waals surface area contributed by atoms with Crippen LogP contribution in [0.5, 0.6) is 0 Å². The summed E-state index contributed by atoms with van der Waals surface area (Å²) >= 11 is 12.2. The Labute approximate surface area is 194 Å². The van der Waals surface area contributed by atoms with Gasteiger partial charge < -0.3 is 10.4 Å². The lowest BCUT2D eigenvalue weighted by molar-refractivity contribution is -0.131. The molecule has 7 heteroatoms. The van der Waals surface area contributed by atoms with Crippen LogP contribution in [0.4, 0.5) is 0 Å². The first-order chi connectivity index (χ1) is 14.6. The Bertz CT molecular complexity index is 901. The van der Waals surface area contributed by atoms with Gasteiger partial charge in [-0.1, -0.05) is 56.1 Å². The van der Waals surface area contributed by atoms with Crippen LogP contribution in [-0.4, -0.2) is 40.5 Å². The zero-order valence-electron chi connectivity index (χ0n) is 18.4. The van der Waals surface area contributed by atoms with Gasteiger partial charge in [0.2, 0.25) is 5.91 Å². The van der Waals surface area contributed by atoms with E-state index in [0.29, 0.717) is 22.3 Å². The van der Waals surface area contributed by atoms with Crippen LogP contribution < -0.4 is 5.32 Å². The van der Waals surface area contributed by atoms with Crippen molar-refractivity contribution < 1.29 is 9.90 Å². The SMILES string of the molecule is CC(C)(C)C(=O)NC[C@@](O)(c1ccccn1)[C@@H]1CCCN(Cc2ccc(Cl)c(Cl)c2)C1. The highest BCUT2D eigenvalue weighted by Gasteiger charge is 2.42. The van der Waals surface area contributed by atoms with Crippen molar-refractivity contribution in [1.82, 2.24) is 15.2 Å². The van der Waals surface area contributed by atoms with Gasteiger partial charge in [0.05, 0.1) is 22.3 Å². The maximum atomic E-state index is 12.5. The van der Waals surface area contributed by atoms with E-state index in [9.17, 15) is 9.90 Å². The smallest absolute Gasteiger partial charge is 0.225 e. The van der Waals surface area contributed by atoms with Gasteiger partial charge in [-0.25, -0.2) is 0 Å². The summed E-state index contributed by atoms with van der Waals surface area (Å²) in [7, 11) is 0. The van der Waals surface area contributed by atoms with Crippen LogP contribution in [0.25, 0.3) is 0 Å². The van der Waals surface area contributed by atoms with E-state index >= 15 is 0 Å². The van der Waals surface area contributed by atoms with E-state index in [0.717, 1.165) is 31.5 Å². The lowest BCUT2D eigenvalue weighted by Gasteiger charge is -2.42. The molecule has 1 aromatic carbocycles. The highest BCUT2D eigenvalue weighted by atomic mass is 35.5. The van der Waals surface area contributed by atoms with Gasteiger partial charge in [0, 0.05) is 30.6 Å². The standard InChI is InChI=1S/C24H31Cl2N3O2/c1-23(2,3)22(30)28-16-24(31,21-8-4-5-11-27-21)18-7-6-12-29(15-18)14-17-9-10-19(25)20(26)13-17/h4-5,8-11,13,18,31H,6-7,12,14-16H2,1-3H3,(H,28,30)/t18-,24+/m1/s1. The van der Waals surface area contributed by atoms with Crippen LogP contribution in [0.1, 0.15) is 44.9 Å². The molecule has 31 heavy (non-hydrogen) atoms. The first-order valence-corrected chi connectivity index (χ1v) is 11.4. The molecule has 1 aromatic heterocycles. The summed E-state index contributed by atoms with van der Waals surface area (Å²) in [5, 5.41) is 15.9. The number of hydrogen-bond donors (Lipinski definition) is 2. The number of benzene rings is 1. The Morgan fingerprint density at radius 1 is 1.23 bits per heavy atom. The first-order valence-electron chi connectivity index (χ1n) is 10.7. The number of pyridine rings is 1. The van der Waals surface area contributed by atoms with Gasteiger partial charge in [-0.05, 0) is 49.2 Å². The minimum Gasteiger partial charge on any atom is -0.381 e. The minimum atomic E-state index is -1.25. The number of nitrogens with one attached hydrogen (secondary N) is 1. The monoisotopic (exact) mass is 463 g/mol. The van der Waals surface area contributed by atoms with Crippen LogP contribution in [0, 0.1) is 11.3 Å². The van der Waals surface area contributed by atoms with E-state index < -0.39 is 11.0 Å². The van der Waals surface area contributed by atoms with E-state index in [4.69, 9.17) is 23.2 Å². The molecular formula is C24H31Cl2N3O2. The van der Waals surface area contributed by atoms with E-state index in [1.165, 1.54) is 0 Å². The summed E-state index contributed by atoms with van der Waals surface area (Å²) < 4.78 is 0. The average molecular weight is 464 g/mol. The van der Waals surface area contributed by atoms with E-state index in [1.807, 2.05) is 57.2 Å². The number of aliphatic hydroxyl groups is 1. The molecule has 2 aromatic rings. The second-order valence-corrected chi connectivity index (χ2v) is 10.2. The Morgan fingerprint density at radius 3 is 2.65 bits per heavy atom. The van der Waals surface area contributed by atoms with Crippen molar-refractivity contribution in [3.05, 3.63) is 63.9 Å². The maximum absolute atomic E-state index is 12.5. The lowest BCUT2D eigenvalue weighted by Crippen LogP contribution is -2.53. The summed E-state index contributed by atoms with van der Waals surface area (Å²) in [6.07, 6.45) is 3.49. The van der Waals surface area contributed by atoms with Gasteiger partial charge in [0.25, 0.3) is 0 Å². The summed E-state index contributed by atoms with van der Waals surface area (Å²) in [6, 6.07) is 11.2. The zero-order chi connectivity index (χ0) is 22.6. The molecule has 1 fully saturated rings. The van der Waals surface area contributed by atoms with Crippen molar-refractivity contribution in [2.45, 2.75) is 45.8 Å². The number of amides is 1. The maximum Gasteiger partial charge on any atom is 0.225 e. The number of hydrogen-bond acceptors (Lipinski definition) is 4. The van der Waals surface area contributed by atoms with Gasteiger partial charge in [-0.2, -0.15) is 0 Å². The molecular weight excluding hydrogens is 433 g/mol. The van der Waals surface area contributed by atoms with E-state index in [1.54, 1.807) is 6.20 Å². The first kappa shape index (κ1) is 24.0. The van der Waals surface area contributed by atoms with Crippen molar-refractivity contribution in [2.24, 2.45) is 11.3 Å². The van der Waals surface area contributed by atoms with E-state index in [-0.39, 0.29) is 18.4 Å². The second kappa shape index (κ2) is 9.86. The fourth-order valence-corrected chi connectivity index (χ4v) is 4.35. The third-order valence-electron chi connectivity index (χ3n) is 5.88. The summed E-state index contributed by atoms with van der Waals surface area (Å²) in [6.45, 7) is 8.07. The molecule has 168 valence electrons. The largest absolute Gasteiger partial charge is 0.381 e. The van der Waals surface area contributed by atoms with Crippen molar-refractivity contribution in [3.8, 4) is 0 Å². The number of piperidine rings is 1. The third kappa shape index (κ3) is 5.98. The van der Waals surface area contributed by atoms with E-state index in [2.05, 4.69) is 15.2 Å². The molecule has 3 rings (SSSR count). The van der Waals surface area contributed by atoms with Crippen molar-refractivity contribution in [2.75, 3.05) is 19.6 Å². The summed E-state index contributed by atoms with van der Waals surface area (Å²) in [5.41, 5.74) is -0.112. The van der Waals surface area contributed by atoms with Crippen LogP contribution in [0.3, 0.4) is 0 Å². The molecule has 0 spiro atoms. The molecule has 2 heterocycles. The van der Waals surface area contributed by atoms with Gasteiger partial charge in [0.15, 0.2) is 0 Å². The highest BCUT2D eigenvalue weighted by Crippen LogP contribution is 2.35. The zero-order valence-corrected chi connectivity index (χ0v) is 19.9. The molecule has 5 nitrogen and oxygen atoms in total. The quantitative estimate of drug-likeness (QED) is 0.653.